The van der Waals surface area contributed by atoms with Crippen LogP contribution in [0.15, 0.2) is 61.2 Å². The molecule has 0 aliphatic heterocycles. The van der Waals surface area contributed by atoms with Crippen molar-refractivity contribution >= 4 is 11.8 Å². The van der Waals surface area contributed by atoms with Crippen LogP contribution in [0.2, 0.25) is 0 Å². The van der Waals surface area contributed by atoms with Crippen molar-refractivity contribution in [3.05, 3.63) is 72.3 Å². The number of carbonyl (C=O) groups is 2. The first kappa shape index (κ1) is 16.4. The molecule has 0 saturated carbocycles. The van der Waals surface area contributed by atoms with Crippen molar-refractivity contribution in [2.75, 3.05) is 13.1 Å². The highest BCUT2D eigenvalue weighted by molar-refractivity contribution is 6.00. The fraction of sp³-hybridized carbons (Fsp3) is 0.111. The molecule has 2 heterocycles. The van der Waals surface area contributed by atoms with Gasteiger partial charge in [0, 0.05) is 43.4 Å². The number of benzene rings is 1. The predicted octanol–water partition coefficient (Wildman–Crippen LogP) is 1.63. The topological polar surface area (TPSA) is 99.8 Å². The fourth-order valence-corrected chi connectivity index (χ4v) is 2.35. The van der Waals surface area contributed by atoms with E-state index in [0.29, 0.717) is 30.0 Å². The zero-order valence-electron chi connectivity index (χ0n) is 13.4. The number of hydrogen-bond donors (Lipinski definition) is 3. The minimum Gasteiger partial charge on any atom is -0.350 e. The second-order valence-electron chi connectivity index (χ2n) is 5.24. The molecule has 7 heteroatoms. The lowest BCUT2D eigenvalue weighted by Crippen LogP contribution is -2.34. The Morgan fingerprint density at radius 2 is 1.76 bits per heavy atom. The molecule has 3 aromatic rings. The third-order valence-corrected chi connectivity index (χ3v) is 3.54. The SMILES string of the molecule is O=C(NCCNC(=O)c1ccccc1-c1ncc[nH]1)c1cccnc1. The highest BCUT2D eigenvalue weighted by Gasteiger charge is 2.13. The molecule has 0 spiro atoms. The van der Waals surface area contributed by atoms with E-state index >= 15 is 0 Å². The zero-order chi connectivity index (χ0) is 17.5. The molecule has 2 amide bonds. The lowest BCUT2D eigenvalue weighted by atomic mass is 10.1. The van der Waals surface area contributed by atoms with Crippen molar-refractivity contribution in [3.63, 3.8) is 0 Å². The summed E-state index contributed by atoms with van der Waals surface area (Å²) in [7, 11) is 0. The van der Waals surface area contributed by atoms with Crippen LogP contribution in [0.4, 0.5) is 0 Å². The Bertz CT molecular complexity index is 847. The molecule has 0 bridgehead atoms. The van der Waals surface area contributed by atoms with Crippen LogP contribution in [-0.4, -0.2) is 39.9 Å². The lowest BCUT2D eigenvalue weighted by Gasteiger charge is -2.09. The Balaban J connectivity index is 1.55. The number of nitrogens with one attached hydrogen (secondary N) is 3. The van der Waals surface area contributed by atoms with Gasteiger partial charge in [-0.05, 0) is 18.2 Å². The Morgan fingerprint density at radius 3 is 2.48 bits per heavy atom. The van der Waals surface area contributed by atoms with Crippen LogP contribution in [0.1, 0.15) is 20.7 Å². The van der Waals surface area contributed by atoms with E-state index in [1.165, 1.54) is 6.20 Å². The van der Waals surface area contributed by atoms with Gasteiger partial charge in [0.05, 0.1) is 11.1 Å². The van der Waals surface area contributed by atoms with Crippen LogP contribution in [0.3, 0.4) is 0 Å². The summed E-state index contributed by atoms with van der Waals surface area (Å²) in [5.41, 5.74) is 1.73. The molecule has 1 aromatic carbocycles. The molecule has 0 unspecified atom stereocenters. The molecule has 3 N–H and O–H groups in total. The highest BCUT2D eigenvalue weighted by Crippen LogP contribution is 2.19. The van der Waals surface area contributed by atoms with E-state index in [1.807, 2.05) is 12.1 Å². The molecule has 3 rings (SSSR count). The van der Waals surface area contributed by atoms with Crippen LogP contribution in [0, 0.1) is 0 Å². The molecule has 0 aliphatic carbocycles. The van der Waals surface area contributed by atoms with Crippen molar-refractivity contribution < 1.29 is 9.59 Å². The first-order valence-corrected chi connectivity index (χ1v) is 7.81. The number of nitrogens with zero attached hydrogens (tertiary/aromatic N) is 2. The van der Waals surface area contributed by atoms with Gasteiger partial charge in [0.2, 0.25) is 0 Å². The summed E-state index contributed by atoms with van der Waals surface area (Å²) in [6.07, 6.45) is 6.44. The molecule has 7 nitrogen and oxygen atoms in total. The molecule has 0 saturated heterocycles. The van der Waals surface area contributed by atoms with Gasteiger partial charge >= 0.3 is 0 Å². The number of imidazole rings is 1. The summed E-state index contributed by atoms with van der Waals surface area (Å²) in [4.78, 5) is 35.4. The maximum atomic E-state index is 12.4. The Kier molecular flexibility index (Phi) is 5.16. The van der Waals surface area contributed by atoms with E-state index in [9.17, 15) is 9.59 Å². The smallest absolute Gasteiger partial charge is 0.252 e. The van der Waals surface area contributed by atoms with Crippen molar-refractivity contribution in [1.29, 1.82) is 0 Å². The minimum absolute atomic E-state index is 0.220. The normalized spacial score (nSPS) is 10.2. The van der Waals surface area contributed by atoms with Gasteiger partial charge in [-0.25, -0.2) is 4.98 Å². The van der Waals surface area contributed by atoms with E-state index in [1.54, 1.807) is 42.9 Å². The number of hydrogen-bond acceptors (Lipinski definition) is 4. The quantitative estimate of drug-likeness (QED) is 0.596. The molecule has 126 valence electrons. The minimum atomic E-state index is -0.224. The molecule has 2 aromatic heterocycles. The Morgan fingerprint density at radius 1 is 0.960 bits per heavy atom. The summed E-state index contributed by atoms with van der Waals surface area (Å²) in [5, 5.41) is 5.53. The predicted molar refractivity (Wildman–Crippen MR) is 92.9 cm³/mol. The van der Waals surface area contributed by atoms with Gasteiger partial charge in [0.15, 0.2) is 0 Å². The van der Waals surface area contributed by atoms with E-state index in [0.717, 1.165) is 5.56 Å². The van der Waals surface area contributed by atoms with Crippen LogP contribution in [-0.2, 0) is 0 Å². The van der Waals surface area contributed by atoms with Gasteiger partial charge in [-0.2, -0.15) is 0 Å². The van der Waals surface area contributed by atoms with Crippen molar-refractivity contribution in [1.82, 2.24) is 25.6 Å². The van der Waals surface area contributed by atoms with Gasteiger partial charge in [-0.3, -0.25) is 14.6 Å². The molecule has 0 aliphatic rings. The number of carbonyl (C=O) groups excluding carboxylic acids is 2. The molecule has 0 atom stereocenters. The number of H-pyrrole nitrogens is 1. The van der Waals surface area contributed by atoms with Gasteiger partial charge in [-0.15, -0.1) is 0 Å². The number of rotatable bonds is 6. The molecule has 0 radical (unpaired) electrons. The van der Waals surface area contributed by atoms with Crippen LogP contribution in [0.25, 0.3) is 11.4 Å². The molecular formula is C18H17N5O2. The summed E-state index contributed by atoms with van der Waals surface area (Å²) in [5.74, 6) is 0.191. The second-order valence-corrected chi connectivity index (χ2v) is 5.24. The van der Waals surface area contributed by atoms with Crippen LogP contribution < -0.4 is 10.6 Å². The maximum Gasteiger partial charge on any atom is 0.252 e. The molecule has 0 fully saturated rings. The van der Waals surface area contributed by atoms with E-state index in [4.69, 9.17) is 0 Å². The number of aromatic amines is 1. The third-order valence-electron chi connectivity index (χ3n) is 3.54. The van der Waals surface area contributed by atoms with Crippen molar-refractivity contribution in [3.8, 4) is 11.4 Å². The number of amides is 2. The Labute approximate surface area is 144 Å². The zero-order valence-corrected chi connectivity index (χ0v) is 13.4. The van der Waals surface area contributed by atoms with Crippen LogP contribution in [0.5, 0.6) is 0 Å². The average molecular weight is 335 g/mol. The summed E-state index contributed by atoms with van der Waals surface area (Å²) in [6.45, 7) is 0.639. The monoisotopic (exact) mass is 335 g/mol. The molecule has 25 heavy (non-hydrogen) atoms. The third kappa shape index (κ3) is 4.08. The first-order chi connectivity index (χ1) is 12.3. The molecular weight excluding hydrogens is 318 g/mol. The van der Waals surface area contributed by atoms with Crippen LogP contribution >= 0.6 is 0 Å². The maximum absolute atomic E-state index is 12.4. The average Bonchev–Trinajstić information content (AvgIpc) is 3.20. The van der Waals surface area contributed by atoms with Crippen molar-refractivity contribution in [2.45, 2.75) is 0 Å². The van der Waals surface area contributed by atoms with E-state index in [2.05, 4.69) is 25.6 Å². The van der Waals surface area contributed by atoms with Crippen molar-refractivity contribution in [2.24, 2.45) is 0 Å². The Hall–Kier alpha value is -3.48. The highest BCUT2D eigenvalue weighted by atomic mass is 16.2. The second kappa shape index (κ2) is 7.87. The van der Waals surface area contributed by atoms with Gasteiger partial charge in [-0.1, -0.05) is 18.2 Å². The summed E-state index contributed by atoms with van der Waals surface area (Å²) in [6, 6.07) is 10.6. The van der Waals surface area contributed by atoms with Gasteiger partial charge < -0.3 is 15.6 Å². The largest absolute Gasteiger partial charge is 0.350 e. The van der Waals surface area contributed by atoms with Gasteiger partial charge in [0.25, 0.3) is 11.8 Å². The van der Waals surface area contributed by atoms with E-state index in [-0.39, 0.29) is 11.8 Å². The first-order valence-electron chi connectivity index (χ1n) is 7.81. The lowest BCUT2D eigenvalue weighted by molar-refractivity contribution is 0.0928. The van der Waals surface area contributed by atoms with Gasteiger partial charge in [0.1, 0.15) is 5.82 Å². The van der Waals surface area contributed by atoms with E-state index < -0.39 is 0 Å². The number of pyridine rings is 1. The summed E-state index contributed by atoms with van der Waals surface area (Å²) < 4.78 is 0. The fourth-order valence-electron chi connectivity index (χ4n) is 2.35. The summed E-state index contributed by atoms with van der Waals surface area (Å²) >= 11 is 0. The standard InChI is InChI=1S/C18H17N5O2/c24-17(13-4-3-7-19-12-13)22-10-11-23-18(25)15-6-2-1-5-14(15)16-20-8-9-21-16/h1-9,12H,10-11H2,(H,20,21)(H,22,24)(H,23,25). The number of aromatic nitrogens is 3.